The quantitative estimate of drug-likeness (QED) is 0.730. The topological polar surface area (TPSA) is 0 Å². The molecule has 0 saturated carbocycles. The van der Waals surface area contributed by atoms with Gasteiger partial charge in [-0.1, -0.05) is 104 Å². The monoisotopic (exact) mass is 344 g/mol. The van der Waals surface area contributed by atoms with Crippen LogP contribution in [-0.2, 0) is 0 Å². The highest BCUT2D eigenvalue weighted by Gasteiger charge is 2.36. The van der Waals surface area contributed by atoms with Crippen LogP contribution in [0, 0.1) is 0 Å². The SMILES string of the molecule is C[SiH]([SiH2][Si](C)(C)c1ccccc1)[Si](C)(C)c1ccccc1. The smallest absolute Gasteiger partial charge is 0.0670 e. The zero-order valence-corrected chi connectivity index (χ0v) is 18.6. The summed E-state index contributed by atoms with van der Waals surface area (Å²) >= 11 is 0. The minimum atomic E-state index is -1.19. The summed E-state index contributed by atoms with van der Waals surface area (Å²) in [6, 6.07) is 22.8. The molecule has 0 radical (unpaired) electrons. The molecule has 2 aromatic carbocycles. The molecule has 0 aliphatic carbocycles. The van der Waals surface area contributed by atoms with Gasteiger partial charge in [0.2, 0.25) is 0 Å². The second-order valence-corrected chi connectivity index (χ2v) is 41.6. The predicted molar refractivity (Wildman–Crippen MR) is 109 cm³/mol. The molecule has 0 aliphatic rings. The zero-order chi connectivity index (χ0) is 15.5. The van der Waals surface area contributed by atoms with E-state index in [9.17, 15) is 0 Å². The lowest BCUT2D eigenvalue weighted by atomic mass is 10.4. The summed E-state index contributed by atoms with van der Waals surface area (Å²) in [7, 11) is -2.88. The molecule has 1 unspecified atom stereocenters. The first-order valence-electron chi connectivity index (χ1n) is 7.95. The van der Waals surface area contributed by atoms with Gasteiger partial charge in [-0.2, -0.15) is 0 Å². The summed E-state index contributed by atoms with van der Waals surface area (Å²) in [6.07, 6.45) is 0. The molecule has 0 aromatic heterocycles. The summed E-state index contributed by atoms with van der Waals surface area (Å²) in [5, 5.41) is 3.38. The van der Waals surface area contributed by atoms with Gasteiger partial charge >= 0.3 is 0 Å². The van der Waals surface area contributed by atoms with Gasteiger partial charge in [-0.15, -0.1) is 0 Å². The first-order valence-corrected chi connectivity index (χ1v) is 22.5. The molecule has 1 atom stereocenters. The number of benzene rings is 2. The van der Waals surface area contributed by atoms with Crippen LogP contribution < -0.4 is 10.4 Å². The molecule has 0 saturated heterocycles. The van der Waals surface area contributed by atoms with E-state index < -0.39 is 23.0 Å². The van der Waals surface area contributed by atoms with Crippen molar-refractivity contribution in [1.29, 1.82) is 0 Å². The van der Waals surface area contributed by atoms with Crippen molar-refractivity contribution in [2.45, 2.75) is 32.7 Å². The fourth-order valence-electron chi connectivity index (χ4n) is 3.18. The van der Waals surface area contributed by atoms with Gasteiger partial charge in [0.05, 0.1) is 15.2 Å². The molecule has 21 heavy (non-hydrogen) atoms. The molecule has 0 bridgehead atoms. The van der Waals surface area contributed by atoms with E-state index in [1.165, 1.54) is 0 Å². The number of hydrogen-bond donors (Lipinski definition) is 0. The summed E-state index contributed by atoms with van der Waals surface area (Å²) < 4.78 is 0. The third kappa shape index (κ3) is 3.94. The van der Waals surface area contributed by atoms with Crippen LogP contribution in [0.2, 0.25) is 32.7 Å². The summed E-state index contributed by atoms with van der Waals surface area (Å²) in [4.78, 5) is 0. The van der Waals surface area contributed by atoms with E-state index in [1.807, 2.05) is 0 Å². The van der Waals surface area contributed by atoms with Gasteiger partial charge in [-0.3, -0.25) is 0 Å². The second kappa shape index (κ2) is 6.60. The fourth-order valence-corrected chi connectivity index (χ4v) is 68.2. The molecule has 4 heteroatoms. The summed E-state index contributed by atoms with van der Waals surface area (Å²) in [5.74, 6) is 0. The molecule has 2 aromatic rings. The number of hydrogen-bond acceptors (Lipinski definition) is 0. The highest BCUT2D eigenvalue weighted by molar-refractivity contribution is 7.68. The van der Waals surface area contributed by atoms with Crippen LogP contribution in [0.5, 0.6) is 0 Å². The van der Waals surface area contributed by atoms with E-state index in [1.54, 1.807) is 10.4 Å². The Balaban J connectivity index is 2.19. The van der Waals surface area contributed by atoms with E-state index in [-0.39, 0.29) is 8.55 Å². The van der Waals surface area contributed by atoms with Crippen molar-refractivity contribution in [3.8, 4) is 0 Å². The average Bonchev–Trinajstić information content (AvgIpc) is 2.48. The summed E-state index contributed by atoms with van der Waals surface area (Å²) in [6.45, 7) is 13.2. The van der Waals surface area contributed by atoms with Crippen molar-refractivity contribution in [2.75, 3.05) is 0 Å². The molecule has 0 spiro atoms. The first kappa shape index (κ1) is 16.7. The van der Waals surface area contributed by atoms with Crippen molar-refractivity contribution in [3.63, 3.8) is 0 Å². The fraction of sp³-hybridized carbons (Fsp3) is 0.294. The minimum absolute atomic E-state index is 0.0569. The molecular weight excluding hydrogens is 317 g/mol. The van der Waals surface area contributed by atoms with Gasteiger partial charge < -0.3 is 0 Å². The Labute approximate surface area is 135 Å². The van der Waals surface area contributed by atoms with Gasteiger partial charge in [0, 0.05) is 16.4 Å². The van der Waals surface area contributed by atoms with Crippen molar-refractivity contribution >= 4 is 41.9 Å². The molecular formula is C17H28Si4. The Kier molecular flexibility index (Phi) is 5.24. The Morgan fingerprint density at radius 3 is 1.62 bits per heavy atom. The van der Waals surface area contributed by atoms with Crippen molar-refractivity contribution in [3.05, 3.63) is 60.7 Å². The molecule has 0 fully saturated rings. The van der Waals surface area contributed by atoms with Crippen molar-refractivity contribution in [1.82, 2.24) is 0 Å². The molecule has 0 heterocycles. The standard InChI is InChI=1S/C17H28Si4/c1-19(21(4,5)17-14-10-7-11-15-17)18-20(2,3)16-12-8-6-9-13-16/h6-15,19H,18H2,1-5H3. The average molecular weight is 345 g/mol. The van der Waals surface area contributed by atoms with E-state index in [4.69, 9.17) is 0 Å². The van der Waals surface area contributed by atoms with Gasteiger partial charge in [-0.05, 0) is 0 Å². The highest BCUT2D eigenvalue weighted by Crippen LogP contribution is 2.12. The van der Waals surface area contributed by atoms with E-state index in [2.05, 4.69) is 93.4 Å². The van der Waals surface area contributed by atoms with E-state index in [0.29, 0.717) is 0 Å². The third-order valence-corrected chi connectivity index (χ3v) is 56.8. The molecule has 2 rings (SSSR count). The maximum absolute atomic E-state index is 2.68. The Morgan fingerprint density at radius 2 is 1.14 bits per heavy atom. The molecule has 112 valence electrons. The summed E-state index contributed by atoms with van der Waals surface area (Å²) in [5.41, 5.74) is 0. The van der Waals surface area contributed by atoms with Crippen LogP contribution in [-0.4, -0.2) is 31.6 Å². The van der Waals surface area contributed by atoms with E-state index in [0.717, 1.165) is 0 Å². The van der Waals surface area contributed by atoms with Gasteiger partial charge in [-0.25, -0.2) is 0 Å². The van der Waals surface area contributed by atoms with Crippen molar-refractivity contribution < 1.29 is 0 Å². The van der Waals surface area contributed by atoms with Crippen LogP contribution in [0.25, 0.3) is 0 Å². The van der Waals surface area contributed by atoms with Gasteiger partial charge in [0.1, 0.15) is 0 Å². The maximum atomic E-state index is 2.68. The predicted octanol–water partition coefficient (Wildman–Crippen LogP) is 2.32. The normalized spacial score (nSPS) is 14.5. The maximum Gasteiger partial charge on any atom is 0.0670 e. The Morgan fingerprint density at radius 1 is 0.714 bits per heavy atom. The molecule has 0 amide bonds. The molecule has 0 nitrogen and oxygen atoms in total. The minimum Gasteiger partial charge on any atom is -0.0760 e. The second-order valence-electron chi connectivity index (χ2n) is 7.44. The third-order valence-electron chi connectivity index (χ3n) is 5.12. The first-order chi connectivity index (χ1) is 9.84. The molecule has 0 N–H and O–H groups in total. The lowest BCUT2D eigenvalue weighted by molar-refractivity contribution is 1.73. The van der Waals surface area contributed by atoms with Gasteiger partial charge in [0.25, 0.3) is 0 Å². The van der Waals surface area contributed by atoms with Crippen LogP contribution in [0.15, 0.2) is 60.7 Å². The highest BCUT2D eigenvalue weighted by atomic mass is 29.8. The lowest BCUT2D eigenvalue weighted by Crippen LogP contribution is -2.64. The van der Waals surface area contributed by atoms with Crippen LogP contribution in [0.4, 0.5) is 0 Å². The van der Waals surface area contributed by atoms with Crippen LogP contribution in [0.3, 0.4) is 0 Å². The van der Waals surface area contributed by atoms with E-state index >= 15 is 0 Å². The van der Waals surface area contributed by atoms with Gasteiger partial charge in [0.15, 0.2) is 0 Å². The Bertz CT molecular complexity index is 564. The molecule has 0 aliphatic heterocycles. The zero-order valence-electron chi connectivity index (χ0n) is 14.1. The van der Waals surface area contributed by atoms with Crippen LogP contribution >= 0.6 is 0 Å². The van der Waals surface area contributed by atoms with Crippen molar-refractivity contribution in [2.24, 2.45) is 0 Å². The van der Waals surface area contributed by atoms with Crippen LogP contribution in [0.1, 0.15) is 0 Å². The lowest BCUT2D eigenvalue weighted by Gasteiger charge is -2.34. The largest absolute Gasteiger partial charge is 0.0760 e. The Hall–Kier alpha value is -0.692. The number of rotatable bonds is 5.